The van der Waals surface area contributed by atoms with Crippen LogP contribution in [-0.2, 0) is 9.47 Å². The van der Waals surface area contributed by atoms with Gasteiger partial charge in [0, 0.05) is 19.3 Å². The standard InChI is InChI=1S/C16H31NO2/c1-4-14(18-6-3)15(17-5-2)13-8-11-19-16(12-13)9-7-10-16/h13-15,17H,4-12H2,1-3H3. The van der Waals surface area contributed by atoms with Crippen molar-refractivity contribution in [3.8, 4) is 0 Å². The largest absolute Gasteiger partial charge is 0.377 e. The van der Waals surface area contributed by atoms with Crippen LogP contribution in [0.15, 0.2) is 0 Å². The summed E-state index contributed by atoms with van der Waals surface area (Å²) in [6, 6.07) is 0.497. The molecule has 0 aromatic carbocycles. The molecule has 0 radical (unpaired) electrons. The van der Waals surface area contributed by atoms with E-state index in [-0.39, 0.29) is 5.60 Å². The van der Waals surface area contributed by atoms with E-state index in [4.69, 9.17) is 9.47 Å². The molecule has 19 heavy (non-hydrogen) atoms. The molecule has 3 atom stereocenters. The minimum atomic E-state index is 0.237. The molecule has 1 heterocycles. The molecule has 0 bridgehead atoms. The van der Waals surface area contributed by atoms with Crippen LogP contribution in [0.2, 0.25) is 0 Å². The van der Waals surface area contributed by atoms with E-state index in [1.165, 1.54) is 32.1 Å². The SMILES string of the molecule is CCNC(C1CCOC2(CCC2)C1)C(CC)OCC. The van der Waals surface area contributed by atoms with Gasteiger partial charge in [-0.25, -0.2) is 0 Å². The number of hydrogen-bond donors (Lipinski definition) is 1. The molecule has 3 nitrogen and oxygen atoms in total. The van der Waals surface area contributed by atoms with Crippen LogP contribution in [0.25, 0.3) is 0 Å². The topological polar surface area (TPSA) is 30.5 Å². The molecule has 1 aliphatic carbocycles. The summed E-state index contributed by atoms with van der Waals surface area (Å²) in [5.74, 6) is 0.713. The van der Waals surface area contributed by atoms with E-state index in [9.17, 15) is 0 Å². The molecule has 0 amide bonds. The first-order chi connectivity index (χ1) is 9.24. The molecule has 1 saturated heterocycles. The molecule has 0 aromatic rings. The van der Waals surface area contributed by atoms with E-state index < -0.39 is 0 Å². The highest BCUT2D eigenvalue weighted by molar-refractivity contribution is 4.98. The second kappa shape index (κ2) is 7.05. The maximum Gasteiger partial charge on any atom is 0.0728 e. The highest BCUT2D eigenvalue weighted by Crippen LogP contribution is 2.45. The van der Waals surface area contributed by atoms with Gasteiger partial charge >= 0.3 is 0 Å². The summed E-state index contributed by atoms with van der Waals surface area (Å²) >= 11 is 0. The summed E-state index contributed by atoms with van der Waals surface area (Å²) in [6.07, 6.45) is 7.75. The van der Waals surface area contributed by atoms with Gasteiger partial charge in [0.25, 0.3) is 0 Å². The van der Waals surface area contributed by atoms with Crippen LogP contribution in [0.1, 0.15) is 59.3 Å². The minimum absolute atomic E-state index is 0.237. The zero-order valence-corrected chi connectivity index (χ0v) is 12.9. The van der Waals surface area contributed by atoms with Crippen molar-refractivity contribution in [2.75, 3.05) is 19.8 Å². The first-order valence-corrected chi connectivity index (χ1v) is 8.23. The van der Waals surface area contributed by atoms with E-state index in [1.807, 2.05) is 0 Å². The molecule has 1 aliphatic heterocycles. The quantitative estimate of drug-likeness (QED) is 0.770. The summed E-state index contributed by atoms with van der Waals surface area (Å²) < 4.78 is 12.0. The van der Waals surface area contributed by atoms with E-state index in [0.717, 1.165) is 26.2 Å². The molecule has 3 heteroatoms. The molecule has 112 valence electrons. The smallest absolute Gasteiger partial charge is 0.0728 e. The van der Waals surface area contributed by atoms with Crippen LogP contribution >= 0.6 is 0 Å². The highest BCUT2D eigenvalue weighted by Gasteiger charge is 2.45. The summed E-state index contributed by atoms with van der Waals surface area (Å²) in [5, 5.41) is 3.69. The van der Waals surface area contributed by atoms with Gasteiger partial charge in [-0.05, 0) is 57.9 Å². The molecule has 0 aromatic heterocycles. The fourth-order valence-electron chi connectivity index (χ4n) is 3.82. The third-order valence-electron chi connectivity index (χ3n) is 4.93. The highest BCUT2D eigenvalue weighted by atomic mass is 16.5. The van der Waals surface area contributed by atoms with Crippen molar-refractivity contribution >= 4 is 0 Å². The Bertz CT molecular complexity index is 265. The fraction of sp³-hybridized carbons (Fsp3) is 1.00. The van der Waals surface area contributed by atoms with E-state index in [1.54, 1.807) is 0 Å². The number of ether oxygens (including phenoxy) is 2. The Labute approximate surface area is 118 Å². The Kier molecular flexibility index (Phi) is 5.67. The lowest BCUT2D eigenvalue weighted by Gasteiger charge is -2.49. The first kappa shape index (κ1) is 15.3. The zero-order valence-electron chi connectivity index (χ0n) is 12.9. The molecule has 2 rings (SSSR count). The molecular weight excluding hydrogens is 238 g/mol. The van der Waals surface area contributed by atoms with Crippen molar-refractivity contribution in [1.29, 1.82) is 0 Å². The van der Waals surface area contributed by atoms with Crippen molar-refractivity contribution in [2.45, 2.75) is 77.0 Å². The van der Waals surface area contributed by atoms with Gasteiger partial charge in [-0.2, -0.15) is 0 Å². The molecule has 1 saturated carbocycles. The second-order valence-corrected chi connectivity index (χ2v) is 6.12. The van der Waals surface area contributed by atoms with Crippen molar-refractivity contribution in [2.24, 2.45) is 5.92 Å². The van der Waals surface area contributed by atoms with Gasteiger partial charge in [-0.3, -0.25) is 0 Å². The van der Waals surface area contributed by atoms with Crippen LogP contribution in [-0.4, -0.2) is 37.5 Å². The molecule has 2 fully saturated rings. The monoisotopic (exact) mass is 269 g/mol. The van der Waals surface area contributed by atoms with Crippen molar-refractivity contribution in [1.82, 2.24) is 5.32 Å². The van der Waals surface area contributed by atoms with Crippen molar-refractivity contribution in [3.63, 3.8) is 0 Å². The Hall–Kier alpha value is -0.120. The van der Waals surface area contributed by atoms with Crippen LogP contribution in [0.3, 0.4) is 0 Å². The minimum Gasteiger partial charge on any atom is -0.377 e. The number of nitrogens with one attached hydrogen (secondary N) is 1. The Balaban J connectivity index is 2.00. The van der Waals surface area contributed by atoms with Crippen LogP contribution in [0.5, 0.6) is 0 Å². The maximum absolute atomic E-state index is 6.06. The van der Waals surface area contributed by atoms with Gasteiger partial charge in [0.15, 0.2) is 0 Å². The second-order valence-electron chi connectivity index (χ2n) is 6.12. The maximum atomic E-state index is 6.06. The summed E-state index contributed by atoms with van der Waals surface area (Å²) in [7, 11) is 0. The number of likely N-dealkylation sites (N-methyl/N-ethyl adjacent to an activating group) is 1. The lowest BCUT2D eigenvalue weighted by Crippen LogP contribution is -2.54. The van der Waals surface area contributed by atoms with Crippen molar-refractivity contribution in [3.05, 3.63) is 0 Å². The normalized spacial score (nSPS) is 28.9. The first-order valence-electron chi connectivity index (χ1n) is 8.23. The summed E-state index contributed by atoms with van der Waals surface area (Å²) in [5.41, 5.74) is 0.237. The van der Waals surface area contributed by atoms with Crippen LogP contribution in [0, 0.1) is 5.92 Å². The predicted molar refractivity (Wildman–Crippen MR) is 78.4 cm³/mol. The average molecular weight is 269 g/mol. The zero-order chi connectivity index (χ0) is 13.7. The molecule has 3 unspecified atom stereocenters. The van der Waals surface area contributed by atoms with Gasteiger partial charge in [0.05, 0.1) is 11.7 Å². The molecular formula is C16H31NO2. The van der Waals surface area contributed by atoms with E-state index in [2.05, 4.69) is 26.1 Å². The van der Waals surface area contributed by atoms with Crippen LogP contribution < -0.4 is 5.32 Å². The van der Waals surface area contributed by atoms with Crippen LogP contribution in [0.4, 0.5) is 0 Å². The van der Waals surface area contributed by atoms with Gasteiger partial charge in [-0.15, -0.1) is 0 Å². The Morgan fingerprint density at radius 3 is 2.63 bits per heavy atom. The third kappa shape index (κ3) is 3.50. The molecule has 1 spiro atoms. The van der Waals surface area contributed by atoms with Crippen molar-refractivity contribution < 1.29 is 9.47 Å². The van der Waals surface area contributed by atoms with Gasteiger partial charge in [-0.1, -0.05) is 13.8 Å². The average Bonchev–Trinajstić information content (AvgIpc) is 2.41. The van der Waals surface area contributed by atoms with E-state index >= 15 is 0 Å². The number of rotatable bonds is 7. The lowest BCUT2D eigenvalue weighted by atomic mass is 9.69. The van der Waals surface area contributed by atoms with Gasteiger partial charge in [0.2, 0.25) is 0 Å². The van der Waals surface area contributed by atoms with E-state index in [0.29, 0.717) is 18.1 Å². The van der Waals surface area contributed by atoms with Gasteiger partial charge < -0.3 is 14.8 Å². The third-order valence-corrected chi connectivity index (χ3v) is 4.93. The van der Waals surface area contributed by atoms with Gasteiger partial charge in [0.1, 0.15) is 0 Å². The molecule has 2 aliphatic rings. The fourth-order valence-corrected chi connectivity index (χ4v) is 3.82. The predicted octanol–water partition coefficient (Wildman–Crippen LogP) is 3.13. The lowest BCUT2D eigenvalue weighted by molar-refractivity contribution is -0.153. The summed E-state index contributed by atoms with van der Waals surface area (Å²) in [6.45, 7) is 9.32. The Morgan fingerprint density at radius 1 is 1.32 bits per heavy atom. The number of hydrogen-bond acceptors (Lipinski definition) is 3. The molecule has 1 N–H and O–H groups in total. The Morgan fingerprint density at radius 2 is 2.11 bits per heavy atom. The summed E-state index contributed by atoms with van der Waals surface area (Å²) in [4.78, 5) is 0.